The minimum Gasteiger partial charge on any atom is -0.493 e. The van der Waals surface area contributed by atoms with Gasteiger partial charge in [-0.05, 0) is 42.8 Å². The minimum atomic E-state index is -0.278. The molecule has 1 aromatic heterocycles. The molecule has 166 valence electrons. The topological polar surface area (TPSA) is 116 Å². The normalized spacial score (nSPS) is 10.6. The number of nitrogens with two attached hydrogens (primary N) is 2. The first-order chi connectivity index (χ1) is 16.0. The molecule has 5 N–H and O–H groups in total. The second-order valence-corrected chi connectivity index (χ2v) is 7.54. The van der Waals surface area contributed by atoms with Gasteiger partial charge in [0.05, 0.1) is 23.6 Å². The van der Waals surface area contributed by atoms with Crippen LogP contribution in [0, 0.1) is 6.92 Å². The number of amides is 1. The van der Waals surface area contributed by atoms with Crippen LogP contribution in [0.2, 0.25) is 0 Å². The molecule has 0 aliphatic rings. The summed E-state index contributed by atoms with van der Waals surface area (Å²) in [5.41, 5.74) is 15.6. The Labute approximate surface area is 192 Å². The lowest BCUT2D eigenvalue weighted by atomic mass is 10.1. The zero-order chi connectivity index (χ0) is 23.2. The minimum absolute atomic E-state index is 0.190. The largest absolute Gasteiger partial charge is 0.493 e. The highest BCUT2D eigenvalue weighted by Crippen LogP contribution is 2.26. The molecular weight excluding hydrogens is 414 g/mol. The summed E-state index contributed by atoms with van der Waals surface area (Å²) in [6, 6.07) is 24.6. The summed E-state index contributed by atoms with van der Waals surface area (Å²) in [5, 5.41) is 2.91. The summed E-state index contributed by atoms with van der Waals surface area (Å²) in [5.74, 6) is 1.01. The van der Waals surface area contributed by atoms with Gasteiger partial charge in [-0.3, -0.25) is 4.79 Å². The average Bonchev–Trinajstić information content (AvgIpc) is 2.84. The van der Waals surface area contributed by atoms with E-state index in [-0.39, 0.29) is 11.7 Å². The molecule has 0 radical (unpaired) electrons. The average molecular weight is 440 g/mol. The molecule has 0 atom stereocenters. The predicted octanol–water partition coefficient (Wildman–Crippen LogP) is 4.49. The number of aryl methyl sites for hydroxylation is 1. The number of carbonyl (C=O) groups is 1. The van der Waals surface area contributed by atoms with Crippen molar-refractivity contribution >= 4 is 23.1 Å². The molecular formula is C26H25N5O2. The van der Waals surface area contributed by atoms with Crippen molar-refractivity contribution in [3.8, 4) is 17.1 Å². The Kier molecular flexibility index (Phi) is 6.50. The maximum Gasteiger partial charge on any atom is 0.256 e. The van der Waals surface area contributed by atoms with Gasteiger partial charge in [0.25, 0.3) is 5.91 Å². The van der Waals surface area contributed by atoms with E-state index in [9.17, 15) is 4.79 Å². The molecule has 0 saturated carbocycles. The number of nitrogen functional groups attached to an aromatic ring is 2. The van der Waals surface area contributed by atoms with Crippen molar-refractivity contribution < 1.29 is 9.53 Å². The molecule has 0 aliphatic heterocycles. The Hall–Kier alpha value is -4.39. The summed E-state index contributed by atoms with van der Waals surface area (Å²) in [6.07, 6.45) is 0.827. The third-order valence-corrected chi connectivity index (χ3v) is 5.19. The number of benzene rings is 3. The van der Waals surface area contributed by atoms with Crippen LogP contribution in [0.25, 0.3) is 11.4 Å². The van der Waals surface area contributed by atoms with Crippen molar-refractivity contribution in [2.45, 2.75) is 13.3 Å². The Morgan fingerprint density at radius 1 is 0.909 bits per heavy atom. The van der Waals surface area contributed by atoms with E-state index < -0.39 is 0 Å². The third kappa shape index (κ3) is 5.27. The number of hydrogen-bond donors (Lipinski definition) is 3. The SMILES string of the molecule is Cc1nc(-c2ccccc2C(=O)Nc2ccc(OCCc3ccccc3)cc2)nc(N)c1N. The van der Waals surface area contributed by atoms with Gasteiger partial charge in [-0.1, -0.05) is 48.5 Å². The van der Waals surface area contributed by atoms with E-state index in [0.717, 1.165) is 12.2 Å². The lowest BCUT2D eigenvalue weighted by Crippen LogP contribution is -2.14. The zero-order valence-electron chi connectivity index (χ0n) is 18.3. The molecule has 4 rings (SSSR count). The fourth-order valence-corrected chi connectivity index (χ4v) is 3.36. The molecule has 0 unspecified atom stereocenters. The third-order valence-electron chi connectivity index (χ3n) is 5.19. The first-order valence-electron chi connectivity index (χ1n) is 10.6. The number of nitrogens with zero attached hydrogens (tertiary/aromatic N) is 2. The van der Waals surface area contributed by atoms with Gasteiger partial charge in [0.15, 0.2) is 11.6 Å². The van der Waals surface area contributed by atoms with Crippen LogP contribution in [0.4, 0.5) is 17.2 Å². The van der Waals surface area contributed by atoms with E-state index in [0.29, 0.717) is 40.6 Å². The molecule has 0 saturated heterocycles. The first kappa shape index (κ1) is 21.8. The number of ether oxygens (including phenoxy) is 1. The van der Waals surface area contributed by atoms with Gasteiger partial charge in [0.1, 0.15) is 5.75 Å². The summed E-state index contributed by atoms with van der Waals surface area (Å²) in [7, 11) is 0. The van der Waals surface area contributed by atoms with Crippen molar-refractivity contribution in [3.63, 3.8) is 0 Å². The molecule has 0 bridgehead atoms. The van der Waals surface area contributed by atoms with Gasteiger partial charge >= 0.3 is 0 Å². The number of anilines is 3. The summed E-state index contributed by atoms with van der Waals surface area (Å²) in [6.45, 7) is 2.33. The summed E-state index contributed by atoms with van der Waals surface area (Å²) >= 11 is 0. The summed E-state index contributed by atoms with van der Waals surface area (Å²) < 4.78 is 5.81. The van der Waals surface area contributed by atoms with Gasteiger partial charge in [-0.2, -0.15) is 0 Å². The second kappa shape index (κ2) is 9.82. The Bertz CT molecular complexity index is 1230. The van der Waals surface area contributed by atoms with E-state index >= 15 is 0 Å². The van der Waals surface area contributed by atoms with E-state index in [1.807, 2.05) is 36.4 Å². The monoisotopic (exact) mass is 439 g/mol. The lowest BCUT2D eigenvalue weighted by molar-refractivity contribution is 0.102. The maximum atomic E-state index is 13.0. The number of carbonyl (C=O) groups excluding carboxylic acids is 1. The highest BCUT2D eigenvalue weighted by atomic mass is 16.5. The Balaban J connectivity index is 1.44. The maximum absolute atomic E-state index is 13.0. The van der Waals surface area contributed by atoms with Gasteiger partial charge in [-0.25, -0.2) is 9.97 Å². The van der Waals surface area contributed by atoms with E-state index in [1.54, 1.807) is 37.3 Å². The molecule has 7 heteroatoms. The quantitative estimate of drug-likeness (QED) is 0.391. The fraction of sp³-hybridized carbons (Fsp3) is 0.115. The molecule has 33 heavy (non-hydrogen) atoms. The van der Waals surface area contributed by atoms with Crippen LogP contribution < -0.4 is 21.5 Å². The molecule has 0 fully saturated rings. The van der Waals surface area contributed by atoms with E-state index in [2.05, 4.69) is 27.4 Å². The van der Waals surface area contributed by atoms with Crippen molar-refractivity contribution in [2.75, 3.05) is 23.4 Å². The van der Waals surface area contributed by atoms with Gasteiger partial charge < -0.3 is 21.5 Å². The van der Waals surface area contributed by atoms with Crippen molar-refractivity contribution in [1.29, 1.82) is 0 Å². The van der Waals surface area contributed by atoms with Gasteiger partial charge in [0, 0.05) is 17.7 Å². The number of rotatable bonds is 7. The number of nitrogens with one attached hydrogen (secondary N) is 1. The van der Waals surface area contributed by atoms with Gasteiger partial charge in [-0.15, -0.1) is 0 Å². The zero-order valence-corrected chi connectivity index (χ0v) is 18.3. The Morgan fingerprint density at radius 2 is 1.61 bits per heavy atom. The lowest BCUT2D eigenvalue weighted by Gasteiger charge is -2.12. The standard InChI is InChI=1S/C26H25N5O2/c1-17-23(27)24(28)31-25(29-17)21-9-5-6-10-22(21)26(32)30-19-11-13-20(14-12-19)33-16-15-18-7-3-2-4-8-18/h2-14H,15-16,27H2,1H3,(H,30,32)(H2,28,29,31). The number of aromatic nitrogens is 2. The summed E-state index contributed by atoms with van der Waals surface area (Å²) in [4.78, 5) is 21.7. The first-order valence-corrected chi connectivity index (χ1v) is 10.6. The molecule has 0 spiro atoms. The van der Waals surface area contributed by atoms with Crippen molar-refractivity contribution in [2.24, 2.45) is 0 Å². The van der Waals surface area contributed by atoms with E-state index in [4.69, 9.17) is 16.2 Å². The van der Waals surface area contributed by atoms with Crippen molar-refractivity contribution in [1.82, 2.24) is 9.97 Å². The van der Waals surface area contributed by atoms with Crippen LogP contribution in [0.15, 0.2) is 78.9 Å². The molecule has 0 aliphatic carbocycles. The molecule has 1 heterocycles. The van der Waals surface area contributed by atoms with Crippen LogP contribution in [-0.4, -0.2) is 22.5 Å². The van der Waals surface area contributed by atoms with Crippen molar-refractivity contribution in [3.05, 3.63) is 95.7 Å². The molecule has 3 aromatic carbocycles. The van der Waals surface area contributed by atoms with Crippen LogP contribution in [0.1, 0.15) is 21.6 Å². The van der Waals surface area contributed by atoms with Crippen LogP contribution >= 0.6 is 0 Å². The highest BCUT2D eigenvalue weighted by Gasteiger charge is 2.16. The molecule has 7 nitrogen and oxygen atoms in total. The highest BCUT2D eigenvalue weighted by molar-refractivity contribution is 6.08. The number of hydrogen-bond acceptors (Lipinski definition) is 6. The molecule has 1 amide bonds. The van der Waals surface area contributed by atoms with Crippen LogP contribution in [0.3, 0.4) is 0 Å². The second-order valence-electron chi connectivity index (χ2n) is 7.54. The van der Waals surface area contributed by atoms with E-state index in [1.165, 1.54) is 5.56 Å². The molecule has 4 aromatic rings. The van der Waals surface area contributed by atoms with Crippen LogP contribution in [-0.2, 0) is 6.42 Å². The smallest absolute Gasteiger partial charge is 0.256 e. The Morgan fingerprint density at radius 3 is 2.33 bits per heavy atom. The van der Waals surface area contributed by atoms with Gasteiger partial charge in [0.2, 0.25) is 0 Å². The predicted molar refractivity (Wildman–Crippen MR) is 131 cm³/mol. The fourth-order valence-electron chi connectivity index (χ4n) is 3.36. The van der Waals surface area contributed by atoms with Crippen LogP contribution in [0.5, 0.6) is 5.75 Å².